The van der Waals surface area contributed by atoms with Crippen LogP contribution in [-0.4, -0.2) is 78.9 Å². The summed E-state index contributed by atoms with van der Waals surface area (Å²) in [6, 6.07) is 0.371. The molecule has 0 aliphatic heterocycles. The second-order valence-electron chi connectivity index (χ2n) is 7.22. The molecule has 0 radical (unpaired) electrons. The fourth-order valence-corrected chi connectivity index (χ4v) is 13.8. The van der Waals surface area contributed by atoms with Crippen molar-refractivity contribution in [1.82, 2.24) is 0 Å². The van der Waals surface area contributed by atoms with Gasteiger partial charge in [0, 0.05) is 6.04 Å². The lowest BCUT2D eigenvalue weighted by atomic mass is 10.1. The molecular weight excluding hydrogens is 493 g/mol. The highest BCUT2D eigenvalue weighted by molar-refractivity contribution is 6.63. The van der Waals surface area contributed by atoms with E-state index in [0.717, 1.165) is 23.3 Å². The molecule has 0 amide bonds. The lowest BCUT2D eigenvalue weighted by Gasteiger charge is -2.18. The van der Waals surface area contributed by atoms with Crippen molar-refractivity contribution in [2.75, 3.05) is 0 Å². The normalized spacial score (nSPS) is 14.2. The van der Waals surface area contributed by atoms with Gasteiger partial charge in [0.25, 0.3) is 50.0 Å². The van der Waals surface area contributed by atoms with Crippen molar-refractivity contribution in [3.8, 4) is 0 Å². The Bertz CT molecular complexity index is 334. The van der Waals surface area contributed by atoms with Crippen molar-refractivity contribution < 1.29 is 34.3 Å². The van der Waals surface area contributed by atoms with Crippen molar-refractivity contribution in [3.63, 3.8) is 0 Å². The molecule has 8 nitrogen and oxygen atoms in total. The van der Waals surface area contributed by atoms with Gasteiger partial charge >= 0.3 is 8.80 Å². The van der Waals surface area contributed by atoms with E-state index in [4.69, 9.17) is 24.7 Å². The molecule has 2 N–H and O–H groups in total. The van der Waals surface area contributed by atoms with Gasteiger partial charge in [0.15, 0.2) is 0 Å². The summed E-state index contributed by atoms with van der Waals surface area (Å²) in [6.07, 6.45) is 15.1. The molecule has 0 fully saturated rings. The molecule has 0 rings (SSSR count). The summed E-state index contributed by atoms with van der Waals surface area (Å²) < 4.78 is 31.7. The molecule has 0 unspecified atom stereocenters. The molecule has 0 spiro atoms. The Kier molecular flexibility index (Phi) is 24.8. The molecule has 0 heterocycles. The van der Waals surface area contributed by atoms with Crippen LogP contribution < -0.4 is 0 Å². The SMILES string of the molecule is CCCCCCCCCCCCCC[Si](O)(O)O[SiH2]O[SiH2]O[SiH2]O[SiH2]O[SiH2]O[SiH3]. The summed E-state index contributed by atoms with van der Waals surface area (Å²) >= 11 is 0. The third-order valence-corrected chi connectivity index (χ3v) is 14.0. The molecule has 0 bridgehead atoms. The van der Waals surface area contributed by atoms with Crippen molar-refractivity contribution in [2.24, 2.45) is 0 Å². The molecule has 0 aliphatic carbocycles. The van der Waals surface area contributed by atoms with Gasteiger partial charge in [0.1, 0.15) is 10.5 Å². The average molecular weight is 537 g/mol. The van der Waals surface area contributed by atoms with Gasteiger partial charge in [-0.1, -0.05) is 77.6 Å². The fourth-order valence-electron chi connectivity index (χ4n) is 2.80. The Labute approximate surface area is 193 Å². The van der Waals surface area contributed by atoms with E-state index >= 15 is 0 Å². The Balaban J connectivity index is 3.30. The quantitative estimate of drug-likeness (QED) is 0.108. The molecule has 0 aromatic heterocycles. The fraction of sp³-hybridized carbons (Fsp3) is 1.00. The highest BCUT2D eigenvalue weighted by Crippen LogP contribution is 2.15. The summed E-state index contributed by atoms with van der Waals surface area (Å²) in [7, 11) is -7.98. The zero-order valence-electron chi connectivity index (χ0n) is 18.6. The summed E-state index contributed by atoms with van der Waals surface area (Å²) in [5.41, 5.74) is 0. The minimum absolute atomic E-state index is 0.371. The number of rotatable bonds is 24. The van der Waals surface area contributed by atoms with Gasteiger partial charge in [0.2, 0.25) is 0 Å². The third kappa shape index (κ3) is 25.3. The first-order valence-corrected chi connectivity index (χ1v) is 19.6. The van der Waals surface area contributed by atoms with Gasteiger partial charge in [0.05, 0.1) is 0 Å². The van der Waals surface area contributed by atoms with Crippen LogP contribution in [0.3, 0.4) is 0 Å². The predicted octanol–water partition coefficient (Wildman–Crippen LogP) is -2.02. The van der Waals surface area contributed by atoms with Gasteiger partial charge in [-0.05, 0) is 6.42 Å². The molecule has 0 aromatic rings. The summed E-state index contributed by atoms with van der Waals surface area (Å²) in [6.45, 7) is 2.25. The highest BCUT2D eigenvalue weighted by atomic mass is 28.4. The monoisotopic (exact) mass is 536 g/mol. The molecule has 0 aromatic carbocycles. The van der Waals surface area contributed by atoms with E-state index in [1.54, 1.807) is 0 Å². The van der Waals surface area contributed by atoms with Crippen LogP contribution in [0.5, 0.6) is 0 Å². The maximum Gasteiger partial charge on any atom is 0.486 e. The first-order chi connectivity index (χ1) is 14.1. The molecule has 176 valence electrons. The van der Waals surface area contributed by atoms with Gasteiger partial charge < -0.3 is 34.3 Å². The molecule has 0 saturated heterocycles. The van der Waals surface area contributed by atoms with Crippen LogP contribution in [0, 0.1) is 0 Å². The van der Waals surface area contributed by atoms with Gasteiger partial charge in [-0.15, -0.1) is 0 Å². The van der Waals surface area contributed by atoms with Gasteiger partial charge in [-0.25, -0.2) is 0 Å². The smallest absolute Gasteiger partial charge is 0.449 e. The van der Waals surface area contributed by atoms with Crippen molar-refractivity contribution in [1.29, 1.82) is 0 Å². The lowest BCUT2D eigenvalue weighted by Crippen LogP contribution is -2.41. The standard InChI is InChI=1S/C14H44O8Si7/c1-2-3-4-5-6-7-8-9-10-11-12-13-14-29(15,16)22-28-21-27-20-26-19-25-18-24-17-23/h15-16H,2-14,24-28H2,1,23H3. The molecule has 0 atom stereocenters. The van der Waals surface area contributed by atoms with Crippen LogP contribution in [0.1, 0.15) is 84.0 Å². The van der Waals surface area contributed by atoms with Crippen LogP contribution in [0.2, 0.25) is 6.04 Å². The first-order valence-electron chi connectivity index (χ1n) is 11.0. The Morgan fingerprint density at radius 3 is 1.52 bits per heavy atom. The number of hydrogen-bond acceptors (Lipinski definition) is 8. The van der Waals surface area contributed by atoms with E-state index in [1.165, 1.54) is 64.2 Å². The minimum Gasteiger partial charge on any atom is -0.449 e. The van der Waals surface area contributed by atoms with Crippen molar-refractivity contribution >= 4 is 69.3 Å². The van der Waals surface area contributed by atoms with Crippen LogP contribution in [0.15, 0.2) is 0 Å². The molecule has 0 aliphatic rings. The van der Waals surface area contributed by atoms with Crippen LogP contribution in [0.4, 0.5) is 0 Å². The summed E-state index contributed by atoms with van der Waals surface area (Å²) in [5, 5.41) is 0. The first kappa shape index (κ1) is 30.2. The lowest BCUT2D eigenvalue weighted by molar-refractivity contribution is 0.227. The van der Waals surface area contributed by atoms with E-state index in [2.05, 4.69) is 6.92 Å². The van der Waals surface area contributed by atoms with E-state index in [9.17, 15) is 9.59 Å². The minimum atomic E-state index is -3.53. The zero-order valence-corrected chi connectivity index (χ0v) is 28.6. The van der Waals surface area contributed by atoms with Crippen molar-refractivity contribution in [2.45, 2.75) is 90.0 Å². The number of unbranched alkanes of at least 4 members (excludes halogenated alkanes) is 11. The van der Waals surface area contributed by atoms with Gasteiger partial charge in [-0.2, -0.15) is 0 Å². The van der Waals surface area contributed by atoms with Crippen LogP contribution in [-0.2, 0) is 24.7 Å². The second-order valence-corrected chi connectivity index (χ2v) is 20.4. The maximum atomic E-state index is 9.97. The van der Waals surface area contributed by atoms with E-state index in [1.807, 2.05) is 0 Å². The van der Waals surface area contributed by atoms with Crippen molar-refractivity contribution in [3.05, 3.63) is 0 Å². The largest absolute Gasteiger partial charge is 0.486 e. The molecule has 15 heteroatoms. The van der Waals surface area contributed by atoms with E-state index < -0.39 is 58.8 Å². The van der Waals surface area contributed by atoms with E-state index in [0.29, 0.717) is 6.04 Å². The Morgan fingerprint density at radius 2 is 1.03 bits per heavy atom. The Morgan fingerprint density at radius 1 is 0.621 bits per heavy atom. The topological polar surface area (TPSA) is 95.8 Å². The average Bonchev–Trinajstić information content (AvgIpc) is 2.70. The third-order valence-electron chi connectivity index (χ3n) is 4.43. The molecule has 0 saturated carbocycles. The number of hydrogen-bond donors (Lipinski definition) is 2. The van der Waals surface area contributed by atoms with E-state index in [-0.39, 0.29) is 0 Å². The maximum absolute atomic E-state index is 9.97. The van der Waals surface area contributed by atoms with Crippen LogP contribution >= 0.6 is 0 Å². The molecular formula is C14H44O8Si7. The van der Waals surface area contributed by atoms with Gasteiger partial charge in [-0.3, -0.25) is 0 Å². The summed E-state index contributed by atoms with van der Waals surface area (Å²) in [5.74, 6) is 0. The highest BCUT2D eigenvalue weighted by Gasteiger charge is 2.30. The molecule has 29 heavy (non-hydrogen) atoms. The van der Waals surface area contributed by atoms with Crippen LogP contribution in [0.25, 0.3) is 0 Å². The second kappa shape index (κ2) is 23.9. The predicted molar refractivity (Wildman–Crippen MR) is 135 cm³/mol. The Hall–Kier alpha value is 1.20. The zero-order chi connectivity index (χ0) is 21.5. The summed E-state index contributed by atoms with van der Waals surface area (Å²) in [4.78, 5) is 19.9.